The minimum atomic E-state index is -1.05. The Morgan fingerprint density at radius 2 is 2.04 bits per heavy atom. The number of thioether (sulfide) groups is 1. The number of rotatable bonds is 8. The zero-order valence-corrected chi connectivity index (χ0v) is 17.4. The summed E-state index contributed by atoms with van der Waals surface area (Å²) in [6, 6.07) is 6.96. The first-order valence-corrected chi connectivity index (χ1v) is 10.6. The van der Waals surface area contributed by atoms with E-state index in [0.717, 1.165) is 23.0 Å². The number of Topliss-reactive ketones (excluding diaryl/α,β-unsaturated/α-hetero) is 1. The lowest BCUT2D eigenvalue weighted by Gasteiger charge is -2.11. The number of hydrogen-bond acceptors (Lipinski definition) is 9. The number of hydrogen-bond donors (Lipinski definition) is 0. The predicted molar refractivity (Wildman–Crippen MR) is 107 cm³/mol. The van der Waals surface area contributed by atoms with Gasteiger partial charge in [0.15, 0.2) is 11.7 Å². The maximum Gasteiger partial charge on any atom is 0.323 e. The molecule has 3 rings (SSSR count). The number of thiazole rings is 1. The molecule has 0 aliphatic heterocycles. The molecule has 1 aromatic carbocycles. The van der Waals surface area contributed by atoms with Crippen LogP contribution in [-0.2, 0) is 14.3 Å². The van der Waals surface area contributed by atoms with Gasteiger partial charge in [-0.2, -0.15) is 0 Å². The lowest BCUT2D eigenvalue weighted by molar-refractivity contribution is -0.147. The Labute approximate surface area is 174 Å². The highest BCUT2D eigenvalue weighted by atomic mass is 35.5. The lowest BCUT2D eigenvalue weighted by atomic mass is 10.1. The lowest BCUT2D eigenvalue weighted by Crippen LogP contribution is -2.25. The number of carbonyl (C=O) groups is 2. The maximum atomic E-state index is 12.7. The van der Waals surface area contributed by atoms with Crippen molar-refractivity contribution >= 4 is 46.5 Å². The molecule has 1 atom stereocenters. The zero-order chi connectivity index (χ0) is 20.1. The topological polar surface area (TPSA) is 95.2 Å². The molecule has 0 aliphatic rings. The molecule has 1 unspecified atom stereocenters. The molecule has 10 heteroatoms. The fourth-order valence-corrected chi connectivity index (χ4v) is 3.99. The average Bonchev–Trinajstić information content (AvgIpc) is 3.30. The van der Waals surface area contributed by atoms with Gasteiger partial charge >= 0.3 is 5.97 Å². The summed E-state index contributed by atoms with van der Waals surface area (Å²) in [5.41, 5.74) is 1.47. The SMILES string of the molecule is CCOC(=O)C(C(=O)CSc1nnc(-c2ccc(Cl)cc2)o1)c1nc(C)cs1. The Morgan fingerprint density at radius 1 is 1.29 bits per heavy atom. The molecule has 3 aromatic rings. The van der Waals surface area contributed by atoms with Crippen LogP contribution in [0, 0.1) is 6.92 Å². The molecule has 0 saturated heterocycles. The number of aryl methyl sites for hydroxylation is 1. The van der Waals surface area contributed by atoms with Crippen molar-refractivity contribution in [2.45, 2.75) is 25.0 Å². The third kappa shape index (κ3) is 4.98. The van der Waals surface area contributed by atoms with E-state index in [-0.39, 0.29) is 23.4 Å². The van der Waals surface area contributed by atoms with Crippen LogP contribution in [0.15, 0.2) is 39.3 Å². The van der Waals surface area contributed by atoms with Crippen LogP contribution in [0.4, 0.5) is 0 Å². The highest BCUT2D eigenvalue weighted by Crippen LogP contribution is 2.28. The Kier molecular flexibility index (Phi) is 6.82. The molecule has 0 amide bonds. The van der Waals surface area contributed by atoms with Crippen molar-refractivity contribution in [1.82, 2.24) is 15.2 Å². The number of aromatic nitrogens is 3. The molecule has 2 heterocycles. The molecule has 0 bridgehead atoms. The van der Waals surface area contributed by atoms with Gasteiger partial charge in [0, 0.05) is 21.7 Å². The number of esters is 1. The molecular formula is C18H16ClN3O4S2. The number of carbonyl (C=O) groups excluding carboxylic acids is 2. The van der Waals surface area contributed by atoms with Crippen LogP contribution in [0.3, 0.4) is 0 Å². The third-order valence-electron chi connectivity index (χ3n) is 3.56. The second-order valence-corrected chi connectivity index (χ2v) is 7.90. The number of benzene rings is 1. The van der Waals surface area contributed by atoms with Gasteiger partial charge in [-0.05, 0) is 38.1 Å². The van der Waals surface area contributed by atoms with E-state index in [1.54, 1.807) is 43.5 Å². The Bertz CT molecular complexity index is 971. The van der Waals surface area contributed by atoms with Gasteiger partial charge in [0.05, 0.1) is 12.4 Å². The molecular weight excluding hydrogens is 422 g/mol. The van der Waals surface area contributed by atoms with Crippen molar-refractivity contribution < 1.29 is 18.7 Å². The summed E-state index contributed by atoms with van der Waals surface area (Å²) in [6.07, 6.45) is 0. The Balaban J connectivity index is 1.69. The van der Waals surface area contributed by atoms with Crippen molar-refractivity contribution in [3.8, 4) is 11.5 Å². The van der Waals surface area contributed by atoms with E-state index < -0.39 is 11.9 Å². The number of ketones is 1. The van der Waals surface area contributed by atoms with E-state index in [2.05, 4.69) is 15.2 Å². The minimum absolute atomic E-state index is 0.0235. The van der Waals surface area contributed by atoms with Gasteiger partial charge in [0.1, 0.15) is 5.01 Å². The van der Waals surface area contributed by atoms with E-state index in [1.807, 2.05) is 0 Å². The van der Waals surface area contributed by atoms with Crippen molar-refractivity contribution in [3.05, 3.63) is 45.4 Å². The molecule has 7 nitrogen and oxygen atoms in total. The maximum absolute atomic E-state index is 12.7. The Hall–Kier alpha value is -2.23. The van der Waals surface area contributed by atoms with E-state index in [1.165, 1.54) is 11.3 Å². The van der Waals surface area contributed by atoms with E-state index in [9.17, 15) is 9.59 Å². The fraction of sp³-hybridized carbons (Fsp3) is 0.278. The molecule has 0 N–H and O–H groups in total. The highest BCUT2D eigenvalue weighted by molar-refractivity contribution is 7.99. The van der Waals surface area contributed by atoms with Gasteiger partial charge in [-0.25, -0.2) is 4.98 Å². The second kappa shape index (κ2) is 9.31. The quantitative estimate of drug-likeness (QED) is 0.294. The first kappa shape index (κ1) is 20.5. The highest BCUT2D eigenvalue weighted by Gasteiger charge is 2.32. The summed E-state index contributed by atoms with van der Waals surface area (Å²) >= 11 is 8.19. The van der Waals surface area contributed by atoms with Crippen molar-refractivity contribution in [2.75, 3.05) is 12.4 Å². The van der Waals surface area contributed by atoms with Crippen molar-refractivity contribution in [2.24, 2.45) is 0 Å². The number of nitrogens with zero attached hydrogens (tertiary/aromatic N) is 3. The van der Waals surface area contributed by atoms with Gasteiger partial charge in [0.25, 0.3) is 5.22 Å². The van der Waals surface area contributed by atoms with Crippen LogP contribution < -0.4 is 0 Å². The van der Waals surface area contributed by atoms with Crippen molar-refractivity contribution in [1.29, 1.82) is 0 Å². The van der Waals surface area contributed by atoms with E-state index in [0.29, 0.717) is 15.9 Å². The van der Waals surface area contributed by atoms with Gasteiger partial charge < -0.3 is 9.15 Å². The summed E-state index contributed by atoms with van der Waals surface area (Å²) < 4.78 is 10.6. The van der Waals surface area contributed by atoms with Gasteiger partial charge in [-0.15, -0.1) is 21.5 Å². The van der Waals surface area contributed by atoms with Gasteiger partial charge in [-0.1, -0.05) is 23.4 Å². The number of halogens is 1. The fourth-order valence-electron chi connectivity index (χ4n) is 2.29. The van der Waals surface area contributed by atoms with Crippen LogP contribution >= 0.6 is 34.7 Å². The minimum Gasteiger partial charge on any atom is -0.465 e. The van der Waals surface area contributed by atoms with E-state index in [4.69, 9.17) is 20.8 Å². The summed E-state index contributed by atoms with van der Waals surface area (Å²) in [5, 5.41) is 11.0. The normalized spacial score (nSPS) is 12.0. The zero-order valence-electron chi connectivity index (χ0n) is 15.0. The largest absolute Gasteiger partial charge is 0.465 e. The Morgan fingerprint density at radius 3 is 2.68 bits per heavy atom. The molecule has 0 spiro atoms. The molecule has 0 saturated carbocycles. The second-order valence-electron chi connectivity index (χ2n) is 5.65. The first-order chi connectivity index (χ1) is 13.5. The van der Waals surface area contributed by atoms with Crippen LogP contribution in [-0.4, -0.2) is 39.3 Å². The molecule has 28 heavy (non-hydrogen) atoms. The monoisotopic (exact) mass is 437 g/mol. The molecule has 2 aromatic heterocycles. The average molecular weight is 438 g/mol. The summed E-state index contributed by atoms with van der Waals surface area (Å²) in [5.74, 6) is -1.68. The summed E-state index contributed by atoms with van der Waals surface area (Å²) in [7, 11) is 0. The van der Waals surface area contributed by atoms with Gasteiger partial charge in [0.2, 0.25) is 5.89 Å². The van der Waals surface area contributed by atoms with E-state index >= 15 is 0 Å². The smallest absolute Gasteiger partial charge is 0.323 e. The molecule has 0 aliphatic carbocycles. The molecule has 146 valence electrons. The molecule has 0 radical (unpaired) electrons. The van der Waals surface area contributed by atoms with Gasteiger partial charge in [-0.3, -0.25) is 9.59 Å². The summed E-state index contributed by atoms with van der Waals surface area (Å²) in [6.45, 7) is 3.68. The third-order valence-corrected chi connectivity index (χ3v) is 5.68. The van der Waals surface area contributed by atoms with Crippen LogP contribution in [0.2, 0.25) is 5.02 Å². The predicted octanol–water partition coefficient (Wildman–Crippen LogP) is 4.16. The molecule has 0 fully saturated rings. The number of ether oxygens (including phenoxy) is 1. The summed E-state index contributed by atoms with van der Waals surface area (Å²) in [4.78, 5) is 29.2. The van der Waals surface area contributed by atoms with Crippen LogP contribution in [0.1, 0.15) is 23.5 Å². The first-order valence-electron chi connectivity index (χ1n) is 8.31. The van der Waals surface area contributed by atoms with Crippen LogP contribution in [0.25, 0.3) is 11.5 Å². The van der Waals surface area contributed by atoms with Crippen LogP contribution in [0.5, 0.6) is 0 Å². The standard InChI is InChI=1S/C18H16ClN3O4S2/c1-3-25-17(24)14(16-20-10(2)8-27-16)13(23)9-28-18-22-21-15(26-18)11-4-6-12(19)7-5-11/h4-8,14H,3,9H2,1-2H3. The van der Waals surface area contributed by atoms with Crippen molar-refractivity contribution in [3.63, 3.8) is 0 Å².